The van der Waals surface area contributed by atoms with Gasteiger partial charge in [-0.3, -0.25) is 25.2 Å². The molecule has 0 aliphatic carbocycles. The molecule has 0 unspecified atom stereocenters. The molecule has 1 fully saturated rings. The molecule has 9 nitrogen and oxygen atoms in total. The van der Waals surface area contributed by atoms with Crippen molar-refractivity contribution in [3.05, 3.63) is 29.8 Å². The third-order valence-electron chi connectivity index (χ3n) is 3.09. The van der Waals surface area contributed by atoms with Gasteiger partial charge in [0.1, 0.15) is 5.75 Å². The number of rotatable bonds is 5. The Kier molecular flexibility index (Phi) is 4.69. The molecule has 2 rings (SSSR count). The van der Waals surface area contributed by atoms with Crippen molar-refractivity contribution < 1.29 is 29.4 Å². The molecule has 1 heterocycles. The van der Waals surface area contributed by atoms with Crippen LogP contribution in [0.25, 0.3) is 0 Å². The quantitative estimate of drug-likeness (QED) is 0.427. The molecule has 1 aliphatic heterocycles. The predicted octanol–water partition coefficient (Wildman–Crippen LogP) is -1.89. The lowest BCUT2D eigenvalue weighted by Gasteiger charge is -2.19. The van der Waals surface area contributed by atoms with E-state index in [0.29, 0.717) is 5.56 Å². The molecule has 1 saturated heterocycles. The van der Waals surface area contributed by atoms with Gasteiger partial charge in [0.05, 0.1) is 12.0 Å². The first-order valence-corrected chi connectivity index (χ1v) is 6.54. The van der Waals surface area contributed by atoms with Crippen LogP contribution in [0.4, 0.5) is 4.79 Å². The number of aliphatic carboxylic acids is 1. The first kappa shape index (κ1) is 16.1. The van der Waals surface area contributed by atoms with E-state index in [9.17, 15) is 29.4 Å². The summed E-state index contributed by atoms with van der Waals surface area (Å²) in [5, 5.41) is 24.1. The zero-order valence-electron chi connectivity index (χ0n) is 11.7. The van der Waals surface area contributed by atoms with Crippen LogP contribution in [0, 0.1) is 5.92 Å². The number of carbonyl (C=O) groups excluding carboxylic acids is 4. The largest absolute Gasteiger partial charge is 0.548 e. The lowest BCUT2D eigenvalue weighted by atomic mass is 10.1. The number of imide groups is 2. The molecule has 120 valence electrons. The summed E-state index contributed by atoms with van der Waals surface area (Å²) in [5.41, 5.74) is 0.571. The van der Waals surface area contributed by atoms with Gasteiger partial charge in [-0.2, -0.15) is 0 Å². The van der Waals surface area contributed by atoms with E-state index in [1.807, 2.05) is 10.6 Å². The average molecular weight is 318 g/mol. The van der Waals surface area contributed by atoms with E-state index in [4.69, 9.17) is 0 Å². The van der Waals surface area contributed by atoms with Crippen molar-refractivity contribution in [2.75, 3.05) is 0 Å². The van der Waals surface area contributed by atoms with E-state index < -0.39 is 35.8 Å². The minimum absolute atomic E-state index is 0.0301. The smallest absolute Gasteiger partial charge is 0.328 e. The molecule has 0 radical (unpaired) electrons. The van der Waals surface area contributed by atoms with E-state index in [2.05, 4.69) is 4.99 Å². The maximum absolute atomic E-state index is 11.5. The molecule has 0 saturated carbocycles. The van der Waals surface area contributed by atoms with Crippen LogP contribution < -0.4 is 15.7 Å². The molecule has 0 bridgehead atoms. The van der Waals surface area contributed by atoms with Gasteiger partial charge in [0, 0.05) is 12.6 Å². The Morgan fingerprint density at radius 1 is 1.22 bits per heavy atom. The second-order valence-corrected chi connectivity index (χ2v) is 4.79. The molecule has 1 aromatic carbocycles. The molecule has 1 aromatic rings. The van der Waals surface area contributed by atoms with Gasteiger partial charge in [-0.05, 0) is 17.7 Å². The standard InChI is InChI=1S/C14H13N3O6/c18-8-3-1-7(2-4-8)5-10(13(21)22)15-6-9-11(19)16-14(23)17-12(9)20/h1-4,6,9-10,18H,5H2,(H,21,22)(H2,16,17,19,20,23)/p-1/t10-/m1/s1. The molecule has 23 heavy (non-hydrogen) atoms. The number of phenols is 1. The first-order valence-electron chi connectivity index (χ1n) is 6.54. The van der Waals surface area contributed by atoms with Crippen LogP contribution >= 0.6 is 0 Å². The average Bonchev–Trinajstić information content (AvgIpc) is 2.46. The summed E-state index contributed by atoms with van der Waals surface area (Å²) < 4.78 is 0. The fraction of sp³-hybridized carbons (Fsp3) is 0.214. The lowest BCUT2D eigenvalue weighted by Crippen LogP contribution is -2.56. The molecule has 3 N–H and O–H groups in total. The number of benzene rings is 1. The molecule has 1 atom stereocenters. The number of aromatic hydroxyl groups is 1. The van der Waals surface area contributed by atoms with Gasteiger partial charge in [0.2, 0.25) is 11.8 Å². The summed E-state index contributed by atoms with van der Waals surface area (Å²) in [6.07, 6.45) is 0.825. The van der Waals surface area contributed by atoms with Crippen molar-refractivity contribution in [3.8, 4) is 5.75 Å². The van der Waals surface area contributed by atoms with Crippen molar-refractivity contribution in [2.45, 2.75) is 12.5 Å². The number of urea groups is 1. The van der Waals surface area contributed by atoms with E-state index in [1.54, 1.807) is 0 Å². The van der Waals surface area contributed by atoms with Crippen LogP contribution in [0.3, 0.4) is 0 Å². The fourth-order valence-electron chi connectivity index (χ4n) is 1.91. The van der Waals surface area contributed by atoms with Crippen LogP contribution in [0.1, 0.15) is 5.56 Å². The topological polar surface area (TPSA) is 148 Å². The Hall–Kier alpha value is -3.23. The van der Waals surface area contributed by atoms with Crippen molar-refractivity contribution in [3.63, 3.8) is 0 Å². The molecule has 0 spiro atoms. The Balaban J connectivity index is 2.11. The predicted molar refractivity (Wildman–Crippen MR) is 74.3 cm³/mol. The Labute approximate surface area is 130 Å². The third kappa shape index (κ3) is 4.13. The highest BCUT2D eigenvalue weighted by molar-refractivity contribution is 6.23. The molecule has 4 amide bonds. The van der Waals surface area contributed by atoms with Gasteiger partial charge in [-0.1, -0.05) is 12.1 Å². The number of carboxylic acids is 1. The Bertz CT molecular complexity index is 662. The monoisotopic (exact) mass is 318 g/mol. The fourth-order valence-corrected chi connectivity index (χ4v) is 1.91. The van der Waals surface area contributed by atoms with Gasteiger partial charge >= 0.3 is 6.03 Å². The summed E-state index contributed by atoms with van der Waals surface area (Å²) in [6, 6.07) is 3.54. The molecule has 1 aliphatic rings. The van der Waals surface area contributed by atoms with Crippen LogP contribution in [0.2, 0.25) is 0 Å². The number of phenolic OH excluding ortho intramolecular Hbond substituents is 1. The number of nitrogens with zero attached hydrogens (tertiary/aromatic N) is 1. The normalized spacial score (nSPS) is 17.0. The van der Waals surface area contributed by atoms with Crippen LogP contribution in [0.5, 0.6) is 5.75 Å². The summed E-state index contributed by atoms with van der Waals surface area (Å²) in [5.74, 6) is -4.62. The minimum Gasteiger partial charge on any atom is -0.548 e. The maximum Gasteiger partial charge on any atom is 0.328 e. The van der Waals surface area contributed by atoms with Gasteiger partial charge < -0.3 is 15.0 Å². The van der Waals surface area contributed by atoms with Crippen LogP contribution in [-0.4, -0.2) is 41.2 Å². The number of hydrogen-bond donors (Lipinski definition) is 3. The minimum atomic E-state index is -1.48. The number of carbonyl (C=O) groups is 4. The van der Waals surface area contributed by atoms with Gasteiger partial charge in [0.25, 0.3) is 0 Å². The summed E-state index contributed by atoms with van der Waals surface area (Å²) in [4.78, 5) is 48.8. The van der Waals surface area contributed by atoms with E-state index in [-0.39, 0.29) is 12.2 Å². The third-order valence-corrected chi connectivity index (χ3v) is 3.09. The van der Waals surface area contributed by atoms with Crippen LogP contribution in [0.15, 0.2) is 29.3 Å². The van der Waals surface area contributed by atoms with Crippen LogP contribution in [-0.2, 0) is 20.8 Å². The van der Waals surface area contributed by atoms with Gasteiger partial charge in [-0.25, -0.2) is 4.79 Å². The second-order valence-electron chi connectivity index (χ2n) is 4.79. The maximum atomic E-state index is 11.5. The summed E-state index contributed by atoms with van der Waals surface area (Å²) >= 11 is 0. The Morgan fingerprint density at radius 3 is 2.30 bits per heavy atom. The Morgan fingerprint density at radius 2 is 1.78 bits per heavy atom. The zero-order chi connectivity index (χ0) is 17.0. The highest BCUT2D eigenvalue weighted by Crippen LogP contribution is 2.12. The van der Waals surface area contributed by atoms with E-state index >= 15 is 0 Å². The number of barbiturate groups is 1. The molecule has 0 aromatic heterocycles. The van der Waals surface area contributed by atoms with E-state index in [1.165, 1.54) is 24.3 Å². The zero-order valence-corrected chi connectivity index (χ0v) is 11.7. The molecular weight excluding hydrogens is 306 g/mol. The highest BCUT2D eigenvalue weighted by Gasteiger charge is 2.32. The number of hydrogen-bond acceptors (Lipinski definition) is 7. The lowest BCUT2D eigenvalue weighted by molar-refractivity contribution is -0.307. The molecule has 9 heteroatoms. The number of amides is 4. The van der Waals surface area contributed by atoms with Crippen molar-refractivity contribution in [1.29, 1.82) is 0 Å². The molecular formula is C14H12N3O6-. The van der Waals surface area contributed by atoms with Gasteiger partial charge in [-0.15, -0.1) is 0 Å². The van der Waals surface area contributed by atoms with Crippen molar-refractivity contribution >= 4 is 30.0 Å². The second kappa shape index (κ2) is 6.69. The van der Waals surface area contributed by atoms with Gasteiger partial charge in [0.15, 0.2) is 5.92 Å². The number of aliphatic imine (C=N–C) groups is 1. The number of carboxylic acid groups (broad SMARTS) is 1. The summed E-state index contributed by atoms with van der Waals surface area (Å²) in [6.45, 7) is 0. The van der Waals surface area contributed by atoms with E-state index in [0.717, 1.165) is 6.21 Å². The summed E-state index contributed by atoms with van der Waals surface area (Å²) in [7, 11) is 0. The number of nitrogens with one attached hydrogen (secondary N) is 2. The SMILES string of the molecule is O=C1NC(=O)C(C=N[C@H](Cc2ccc(O)cc2)C(=O)[O-])C(=O)N1. The highest BCUT2D eigenvalue weighted by atomic mass is 16.4. The van der Waals surface area contributed by atoms with Crippen molar-refractivity contribution in [2.24, 2.45) is 10.9 Å². The van der Waals surface area contributed by atoms with Crippen molar-refractivity contribution in [1.82, 2.24) is 10.6 Å². The first-order chi connectivity index (χ1) is 10.9.